The topological polar surface area (TPSA) is 75.2 Å². The summed E-state index contributed by atoms with van der Waals surface area (Å²) < 4.78 is 6.07. The number of guanidine groups is 1. The summed E-state index contributed by atoms with van der Waals surface area (Å²) in [7, 11) is 0. The number of halogens is 2. The average molecular weight is 338 g/mol. The first-order chi connectivity index (χ1) is 10.6. The first kappa shape index (κ1) is 13.0. The van der Waals surface area contributed by atoms with Crippen molar-refractivity contribution in [1.82, 2.24) is 10.2 Å². The minimum absolute atomic E-state index is 0.263. The summed E-state index contributed by atoms with van der Waals surface area (Å²) in [6, 6.07) is 4.33. The van der Waals surface area contributed by atoms with Gasteiger partial charge in [-0.25, -0.2) is 4.99 Å². The number of nitrogens with one attached hydrogen (secondary N) is 1. The molecule has 0 aromatic heterocycles. The highest BCUT2D eigenvalue weighted by Crippen LogP contribution is 2.48. The van der Waals surface area contributed by atoms with E-state index < -0.39 is 0 Å². The number of hydrogen-bond acceptors (Lipinski definition) is 6. The second-order valence-electron chi connectivity index (χ2n) is 5.95. The molecule has 8 heteroatoms. The Morgan fingerprint density at radius 2 is 2.23 bits per heavy atom. The number of piperazine rings is 1. The second-order valence-corrected chi connectivity index (χ2v) is 6.73. The molecule has 114 valence electrons. The van der Waals surface area contributed by atoms with Gasteiger partial charge in [0.1, 0.15) is 11.8 Å². The van der Waals surface area contributed by atoms with Crippen molar-refractivity contribution in [3.8, 4) is 5.75 Å². The second kappa shape index (κ2) is 4.28. The Labute approximate surface area is 136 Å². The number of likely N-dealkylation sites (tertiary alicyclic amines) is 1. The molecule has 1 aromatic rings. The Bertz CT molecular complexity index is 749. The number of hydrogen-bond donors (Lipinski definition) is 2. The van der Waals surface area contributed by atoms with E-state index in [4.69, 9.17) is 33.7 Å². The van der Waals surface area contributed by atoms with Gasteiger partial charge in [-0.2, -0.15) is 4.99 Å². The summed E-state index contributed by atoms with van der Waals surface area (Å²) in [5, 5.41) is 4.36. The van der Waals surface area contributed by atoms with Gasteiger partial charge in [0.25, 0.3) is 0 Å². The number of amidine groups is 1. The number of rotatable bonds is 0. The quantitative estimate of drug-likeness (QED) is 0.745. The standard InChI is InChI=1S/C14H13Cl2N5O/c15-5-1-2-8-9(10(5)16)11-12(22-8)13(20-14(17)19-11)21-4-6-7(21)3-18-6/h1-2,6-7,11-12,18H,3-4H2,(H2,17,19). The molecule has 1 aromatic carbocycles. The molecular weight excluding hydrogens is 325 g/mol. The Morgan fingerprint density at radius 3 is 2.91 bits per heavy atom. The van der Waals surface area contributed by atoms with Crippen molar-refractivity contribution in [2.45, 2.75) is 24.2 Å². The van der Waals surface area contributed by atoms with E-state index in [0.717, 1.165) is 24.5 Å². The molecule has 6 nitrogen and oxygen atoms in total. The van der Waals surface area contributed by atoms with Crippen molar-refractivity contribution in [2.75, 3.05) is 13.1 Å². The number of nitrogens with two attached hydrogens (primary N) is 1. The van der Waals surface area contributed by atoms with Crippen LogP contribution in [0.2, 0.25) is 10.0 Å². The first-order valence-electron chi connectivity index (χ1n) is 7.20. The lowest BCUT2D eigenvalue weighted by Gasteiger charge is -2.58. The van der Waals surface area contributed by atoms with Crippen LogP contribution < -0.4 is 15.8 Å². The molecule has 0 bridgehead atoms. The summed E-state index contributed by atoms with van der Waals surface area (Å²) in [5.41, 5.74) is 6.73. The maximum Gasteiger partial charge on any atom is 0.217 e. The van der Waals surface area contributed by atoms with Gasteiger partial charge in [-0.3, -0.25) is 0 Å². The third-order valence-corrected chi connectivity index (χ3v) is 5.64. The van der Waals surface area contributed by atoms with Gasteiger partial charge in [-0.15, -0.1) is 0 Å². The fourth-order valence-corrected chi connectivity index (χ4v) is 3.99. The molecule has 0 spiro atoms. The first-order valence-corrected chi connectivity index (χ1v) is 7.95. The van der Waals surface area contributed by atoms with Crippen molar-refractivity contribution in [2.24, 2.45) is 15.7 Å². The molecule has 4 unspecified atom stereocenters. The van der Waals surface area contributed by atoms with Gasteiger partial charge < -0.3 is 20.7 Å². The van der Waals surface area contributed by atoms with E-state index >= 15 is 0 Å². The summed E-state index contributed by atoms with van der Waals surface area (Å²) in [5.74, 6) is 1.82. The number of fused-ring (bicyclic) bond motifs is 4. The molecule has 4 atom stereocenters. The molecule has 4 aliphatic heterocycles. The van der Waals surface area contributed by atoms with Crippen LogP contribution in [0.3, 0.4) is 0 Å². The Kier molecular flexibility index (Phi) is 2.52. The van der Waals surface area contributed by atoms with Crippen LogP contribution in [0, 0.1) is 0 Å². The SMILES string of the molecule is NC1=NC2c3c(ccc(Cl)c3Cl)OC2C(N2CC3NCC32)=N1. The van der Waals surface area contributed by atoms with Crippen LogP contribution in [0.1, 0.15) is 11.6 Å². The third kappa shape index (κ3) is 1.55. The lowest BCUT2D eigenvalue weighted by atomic mass is 9.87. The van der Waals surface area contributed by atoms with Crippen LogP contribution in [0.5, 0.6) is 5.75 Å². The van der Waals surface area contributed by atoms with Crippen molar-refractivity contribution < 1.29 is 4.74 Å². The summed E-state index contributed by atoms with van der Waals surface area (Å²) in [6.07, 6.45) is -0.278. The van der Waals surface area contributed by atoms with Crippen molar-refractivity contribution in [3.63, 3.8) is 0 Å². The zero-order valence-corrected chi connectivity index (χ0v) is 13.0. The predicted molar refractivity (Wildman–Crippen MR) is 85.0 cm³/mol. The highest BCUT2D eigenvalue weighted by Gasteiger charge is 2.52. The van der Waals surface area contributed by atoms with E-state index in [1.54, 1.807) is 6.07 Å². The van der Waals surface area contributed by atoms with Gasteiger partial charge in [0.05, 0.1) is 16.1 Å². The molecule has 4 heterocycles. The van der Waals surface area contributed by atoms with E-state index in [1.165, 1.54) is 0 Å². The Hall–Kier alpha value is -1.50. The lowest BCUT2D eigenvalue weighted by Crippen LogP contribution is -2.79. The fraction of sp³-hybridized carbons (Fsp3) is 0.429. The van der Waals surface area contributed by atoms with Gasteiger partial charge >= 0.3 is 0 Å². The fourth-order valence-electron chi connectivity index (χ4n) is 3.56. The van der Waals surface area contributed by atoms with Crippen molar-refractivity contribution >= 4 is 35.0 Å². The zero-order valence-electron chi connectivity index (χ0n) is 11.5. The molecule has 3 N–H and O–H groups in total. The van der Waals surface area contributed by atoms with Crippen LogP contribution in [-0.2, 0) is 0 Å². The van der Waals surface area contributed by atoms with Gasteiger partial charge in [0.15, 0.2) is 11.9 Å². The molecule has 0 amide bonds. The molecule has 22 heavy (non-hydrogen) atoms. The summed E-state index contributed by atoms with van der Waals surface area (Å²) in [6.45, 7) is 1.89. The molecule has 0 radical (unpaired) electrons. The molecular formula is C14H13Cl2N5O. The minimum atomic E-state index is -0.278. The van der Waals surface area contributed by atoms with Crippen LogP contribution in [0.15, 0.2) is 22.1 Å². The van der Waals surface area contributed by atoms with Crippen LogP contribution in [-0.4, -0.2) is 48.0 Å². The number of ether oxygens (including phenoxy) is 1. The lowest BCUT2D eigenvalue weighted by molar-refractivity contribution is 0.0347. The minimum Gasteiger partial charge on any atom is -0.479 e. The smallest absolute Gasteiger partial charge is 0.217 e. The normalized spacial score (nSPS) is 34.4. The van der Waals surface area contributed by atoms with Crippen LogP contribution in [0.4, 0.5) is 0 Å². The maximum atomic E-state index is 6.36. The molecule has 2 saturated heterocycles. The highest BCUT2D eigenvalue weighted by atomic mass is 35.5. The number of benzene rings is 1. The third-order valence-electron chi connectivity index (χ3n) is 4.83. The monoisotopic (exact) mass is 337 g/mol. The number of aliphatic imine (C=N–C) groups is 2. The Morgan fingerprint density at radius 1 is 1.36 bits per heavy atom. The average Bonchev–Trinajstić information content (AvgIpc) is 2.84. The van der Waals surface area contributed by atoms with Crippen LogP contribution in [0.25, 0.3) is 0 Å². The van der Waals surface area contributed by atoms with Crippen molar-refractivity contribution in [3.05, 3.63) is 27.7 Å². The molecule has 0 saturated carbocycles. The molecule has 5 rings (SSSR count). The predicted octanol–water partition coefficient (Wildman–Crippen LogP) is 1.18. The van der Waals surface area contributed by atoms with E-state index in [9.17, 15) is 0 Å². The summed E-state index contributed by atoms with van der Waals surface area (Å²) >= 11 is 12.5. The van der Waals surface area contributed by atoms with Crippen LogP contribution >= 0.6 is 23.2 Å². The van der Waals surface area contributed by atoms with E-state index in [1.807, 2.05) is 6.07 Å². The van der Waals surface area contributed by atoms with Crippen molar-refractivity contribution in [1.29, 1.82) is 0 Å². The van der Waals surface area contributed by atoms with Gasteiger partial charge in [0, 0.05) is 24.7 Å². The number of nitrogens with zero attached hydrogens (tertiary/aromatic N) is 3. The molecule has 2 fully saturated rings. The van der Waals surface area contributed by atoms with Gasteiger partial charge in [-0.05, 0) is 12.1 Å². The summed E-state index contributed by atoms with van der Waals surface area (Å²) in [4.78, 5) is 11.1. The molecule has 0 aliphatic carbocycles. The highest BCUT2D eigenvalue weighted by molar-refractivity contribution is 6.42. The van der Waals surface area contributed by atoms with E-state index in [-0.39, 0.29) is 18.1 Å². The van der Waals surface area contributed by atoms with E-state index in [2.05, 4.69) is 20.2 Å². The molecule has 4 aliphatic rings. The zero-order chi connectivity index (χ0) is 15.0. The largest absolute Gasteiger partial charge is 0.479 e. The maximum absolute atomic E-state index is 6.36. The van der Waals surface area contributed by atoms with Gasteiger partial charge in [0.2, 0.25) is 5.96 Å². The Balaban J connectivity index is 1.56. The van der Waals surface area contributed by atoms with E-state index in [0.29, 0.717) is 27.9 Å². The van der Waals surface area contributed by atoms with Gasteiger partial charge in [-0.1, -0.05) is 23.2 Å².